The Bertz CT molecular complexity index is 908. The van der Waals surface area contributed by atoms with E-state index < -0.39 is 0 Å². The van der Waals surface area contributed by atoms with Crippen LogP contribution < -0.4 is 4.74 Å². The lowest BCUT2D eigenvalue weighted by Crippen LogP contribution is -2.10. The minimum absolute atomic E-state index is 0.190. The highest BCUT2D eigenvalue weighted by Crippen LogP contribution is 2.33. The Hall–Kier alpha value is -2.54. The summed E-state index contributed by atoms with van der Waals surface area (Å²) in [5, 5.41) is 0. The maximum atomic E-state index is 5.89. The summed E-state index contributed by atoms with van der Waals surface area (Å²) in [6.45, 7) is 7.59. The molecule has 1 aliphatic carbocycles. The molecule has 1 nitrogen and oxygen atoms in total. The van der Waals surface area contributed by atoms with Gasteiger partial charge < -0.3 is 4.74 Å². The van der Waals surface area contributed by atoms with Crippen molar-refractivity contribution in [2.45, 2.75) is 51.9 Å². The molecule has 0 heterocycles. The number of ether oxygens (including phenoxy) is 1. The lowest BCUT2D eigenvalue weighted by molar-refractivity contribution is 0.303. The Kier molecular flexibility index (Phi) is 5.76. The van der Waals surface area contributed by atoms with Crippen molar-refractivity contribution < 1.29 is 4.74 Å². The van der Waals surface area contributed by atoms with Gasteiger partial charge in [-0.3, -0.25) is 0 Å². The molecule has 29 heavy (non-hydrogen) atoms. The van der Waals surface area contributed by atoms with Gasteiger partial charge in [0, 0.05) is 0 Å². The largest absolute Gasteiger partial charge is 0.494 e. The first-order valence-corrected chi connectivity index (χ1v) is 10.9. The van der Waals surface area contributed by atoms with Crippen molar-refractivity contribution in [3.8, 4) is 28.0 Å². The van der Waals surface area contributed by atoms with Gasteiger partial charge in [0.05, 0.1) is 6.61 Å². The first-order valence-electron chi connectivity index (χ1n) is 10.9. The Morgan fingerprint density at radius 1 is 0.690 bits per heavy atom. The van der Waals surface area contributed by atoms with Crippen molar-refractivity contribution >= 4 is 0 Å². The van der Waals surface area contributed by atoms with Crippen LogP contribution in [-0.2, 0) is 5.41 Å². The highest BCUT2D eigenvalue weighted by atomic mass is 16.5. The van der Waals surface area contributed by atoms with Crippen LogP contribution in [-0.4, -0.2) is 6.61 Å². The van der Waals surface area contributed by atoms with E-state index in [2.05, 4.69) is 93.6 Å². The first kappa shape index (κ1) is 19.8. The first-order chi connectivity index (χ1) is 14.0. The Morgan fingerprint density at radius 3 is 1.59 bits per heavy atom. The highest BCUT2D eigenvalue weighted by Gasteiger charge is 2.20. The van der Waals surface area contributed by atoms with Gasteiger partial charge in [0.1, 0.15) is 5.75 Å². The predicted octanol–water partition coefficient (Wildman–Crippen LogP) is 7.89. The van der Waals surface area contributed by atoms with Gasteiger partial charge in [0.2, 0.25) is 0 Å². The van der Waals surface area contributed by atoms with Crippen LogP contribution in [0.5, 0.6) is 5.75 Å². The van der Waals surface area contributed by atoms with Gasteiger partial charge in [-0.15, -0.1) is 0 Å². The van der Waals surface area contributed by atoms with Crippen LogP contribution in [0.15, 0.2) is 72.8 Å². The van der Waals surface area contributed by atoms with Crippen molar-refractivity contribution in [3.63, 3.8) is 0 Å². The fraction of sp³-hybridized carbons (Fsp3) is 0.357. The summed E-state index contributed by atoms with van der Waals surface area (Å²) in [7, 11) is 0. The molecule has 0 atom stereocenters. The number of benzene rings is 3. The van der Waals surface area contributed by atoms with Gasteiger partial charge >= 0.3 is 0 Å². The van der Waals surface area contributed by atoms with E-state index in [1.807, 2.05) is 0 Å². The molecule has 0 aromatic heterocycles. The van der Waals surface area contributed by atoms with Crippen LogP contribution >= 0.6 is 0 Å². The third-order valence-corrected chi connectivity index (χ3v) is 5.88. The second-order valence-electron chi connectivity index (χ2n) is 9.36. The Morgan fingerprint density at radius 2 is 1.14 bits per heavy atom. The smallest absolute Gasteiger partial charge is 0.119 e. The van der Waals surface area contributed by atoms with Gasteiger partial charge in [-0.1, -0.05) is 94.3 Å². The van der Waals surface area contributed by atoms with E-state index in [9.17, 15) is 0 Å². The monoisotopic (exact) mass is 384 g/mol. The molecule has 1 fully saturated rings. The quantitative estimate of drug-likeness (QED) is 0.376. The van der Waals surface area contributed by atoms with E-state index in [0.29, 0.717) is 0 Å². The molecule has 0 saturated heterocycles. The number of rotatable bonds is 7. The third kappa shape index (κ3) is 5.29. The molecule has 3 aromatic rings. The molecule has 1 saturated carbocycles. The topological polar surface area (TPSA) is 9.23 Å². The molecule has 1 aliphatic rings. The maximum absolute atomic E-state index is 5.89. The second kappa shape index (κ2) is 8.45. The fourth-order valence-corrected chi connectivity index (χ4v) is 3.73. The molecular weight excluding hydrogens is 352 g/mol. The fourth-order valence-electron chi connectivity index (χ4n) is 3.73. The zero-order valence-electron chi connectivity index (χ0n) is 17.9. The van der Waals surface area contributed by atoms with Crippen LogP contribution in [0, 0.1) is 5.92 Å². The molecule has 150 valence electrons. The zero-order chi connectivity index (χ0) is 20.3. The van der Waals surface area contributed by atoms with Gasteiger partial charge in [-0.25, -0.2) is 0 Å². The van der Waals surface area contributed by atoms with Crippen molar-refractivity contribution in [1.29, 1.82) is 0 Å². The normalized spacial score (nSPS) is 14.0. The molecule has 0 radical (unpaired) electrons. The molecule has 0 spiro atoms. The average Bonchev–Trinajstić information content (AvgIpc) is 3.56. The summed E-state index contributed by atoms with van der Waals surface area (Å²) in [5.74, 6) is 1.96. The van der Waals surface area contributed by atoms with E-state index in [1.165, 1.54) is 53.5 Å². The molecule has 0 bridgehead atoms. The molecule has 4 rings (SSSR count). The summed E-state index contributed by atoms with van der Waals surface area (Å²) in [6, 6.07) is 26.3. The van der Waals surface area contributed by atoms with Crippen LogP contribution in [0.3, 0.4) is 0 Å². The van der Waals surface area contributed by atoms with E-state index in [0.717, 1.165) is 18.3 Å². The molecule has 0 unspecified atom stereocenters. The van der Waals surface area contributed by atoms with Crippen LogP contribution in [0.1, 0.15) is 52.0 Å². The number of hydrogen-bond donors (Lipinski definition) is 0. The summed E-state index contributed by atoms with van der Waals surface area (Å²) in [6.07, 6.45) is 5.35. The zero-order valence-corrected chi connectivity index (χ0v) is 17.9. The average molecular weight is 385 g/mol. The summed E-state index contributed by atoms with van der Waals surface area (Å²) in [5.41, 5.74) is 6.54. The van der Waals surface area contributed by atoms with Gasteiger partial charge in [-0.05, 0) is 64.1 Å². The standard InChI is InChI=1S/C28H32O/c1-28(2,3)26-16-12-24(13-17-26)22-8-10-23(11-9-22)25-14-18-27(19-15-25)29-20-4-5-21-6-7-21/h8-19,21H,4-7,20H2,1-3H3. The van der Waals surface area contributed by atoms with Gasteiger partial charge in [-0.2, -0.15) is 0 Å². The summed E-state index contributed by atoms with van der Waals surface area (Å²) < 4.78 is 5.89. The molecule has 3 aromatic carbocycles. The molecule has 0 amide bonds. The lowest BCUT2D eigenvalue weighted by Gasteiger charge is -2.19. The van der Waals surface area contributed by atoms with Crippen LogP contribution in [0.4, 0.5) is 0 Å². The van der Waals surface area contributed by atoms with Gasteiger partial charge in [0.25, 0.3) is 0 Å². The Balaban J connectivity index is 1.38. The molecule has 0 N–H and O–H groups in total. The van der Waals surface area contributed by atoms with E-state index in [1.54, 1.807) is 0 Å². The summed E-state index contributed by atoms with van der Waals surface area (Å²) in [4.78, 5) is 0. The lowest BCUT2D eigenvalue weighted by atomic mass is 9.86. The van der Waals surface area contributed by atoms with Crippen molar-refractivity contribution in [2.24, 2.45) is 5.92 Å². The SMILES string of the molecule is CC(C)(C)c1ccc(-c2ccc(-c3ccc(OCCCC4CC4)cc3)cc2)cc1. The van der Waals surface area contributed by atoms with Crippen molar-refractivity contribution in [1.82, 2.24) is 0 Å². The minimum Gasteiger partial charge on any atom is -0.494 e. The number of hydrogen-bond acceptors (Lipinski definition) is 1. The molecule has 0 aliphatic heterocycles. The molecular formula is C28H32O. The highest BCUT2D eigenvalue weighted by molar-refractivity contribution is 5.70. The molecule has 1 heteroatoms. The van der Waals surface area contributed by atoms with Crippen molar-refractivity contribution in [3.05, 3.63) is 78.4 Å². The third-order valence-electron chi connectivity index (χ3n) is 5.88. The van der Waals surface area contributed by atoms with Crippen LogP contribution in [0.25, 0.3) is 22.3 Å². The van der Waals surface area contributed by atoms with E-state index in [4.69, 9.17) is 4.74 Å². The minimum atomic E-state index is 0.190. The van der Waals surface area contributed by atoms with Crippen LogP contribution in [0.2, 0.25) is 0 Å². The van der Waals surface area contributed by atoms with E-state index in [-0.39, 0.29) is 5.41 Å². The van der Waals surface area contributed by atoms with E-state index >= 15 is 0 Å². The predicted molar refractivity (Wildman–Crippen MR) is 123 cm³/mol. The second-order valence-corrected chi connectivity index (χ2v) is 9.36. The van der Waals surface area contributed by atoms with Gasteiger partial charge in [0.15, 0.2) is 0 Å². The van der Waals surface area contributed by atoms with Crippen molar-refractivity contribution in [2.75, 3.05) is 6.61 Å². The Labute approximate surface area is 175 Å². The summed E-state index contributed by atoms with van der Waals surface area (Å²) >= 11 is 0. The maximum Gasteiger partial charge on any atom is 0.119 e.